The molecule has 3 aromatic rings. The van der Waals surface area contributed by atoms with Gasteiger partial charge >= 0.3 is 12.1 Å². The smallest absolute Gasteiger partial charge is 0.407 e. The first-order valence-electron chi connectivity index (χ1n) is 13.1. The van der Waals surface area contributed by atoms with Crippen LogP contribution in [0.3, 0.4) is 0 Å². The molecule has 8 nitrogen and oxygen atoms in total. The highest BCUT2D eigenvalue weighted by molar-refractivity contribution is 5.91. The van der Waals surface area contributed by atoms with Crippen LogP contribution in [0.4, 0.5) is 4.79 Å². The van der Waals surface area contributed by atoms with E-state index in [1.165, 1.54) is 6.92 Å². The number of carboxylic acids is 1. The summed E-state index contributed by atoms with van der Waals surface area (Å²) in [6.45, 7) is 5.03. The van der Waals surface area contributed by atoms with Gasteiger partial charge < -0.3 is 25.2 Å². The van der Waals surface area contributed by atoms with Crippen LogP contribution < -0.4 is 10.6 Å². The number of carbonyl (C=O) groups excluding carboxylic acids is 2. The normalized spacial score (nSPS) is 15.3. The maximum Gasteiger partial charge on any atom is 0.407 e. The third-order valence-corrected chi connectivity index (χ3v) is 7.30. The number of rotatable bonds is 11. The van der Waals surface area contributed by atoms with Gasteiger partial charge in [0.05, 0.1) is 12.7 Å². The summed E-state index contributed by atoms with van der Waals surface area (Å²) in [5.74, 6) is -1.98. The molecule has 0 aliphatic heterocycles. The van der Waals surface area contributed by atoms with Crippen LogP contribution in [0.5, 0.6) is 0 Å². The van der Waals surface area contributed by atoms with E-state index in [1.54, 1.807) is 13.8 Å². The zero-order chi connectivity index (χ0) is 28.0. The van der Waals surface area contributed by atoms with Crippen LogP contribution in [0, 0.1) is 0 Å². The van der Waals surface area contributed by atoms with Crippen LogP contribution >= 0.6 is 0 Å². The van der Waals surface area contributed by atoms with Gasteiger partial charge in [-0.25, -0.2) is 9.59 Å². The van der Waals surface area contributed by atoms with Crippen molar-refractivity contribution in [3.05, 3.63) is 95.6 Å². The number of hydrogen-bond donors (Lipinski definition) is 3. The Kier molecular flexibility index (Phi) is 8.66. The number of amides is 2. The van der Waals surface area contributed by atoms with Gasteiger partial charge in [0.1, 0.15) is 18.2 Å². The van der Waals surface area contributed by atoms with Crippen LogP contribution in [0.15, 0.2) is 78.9 Å². The van der Waals surface area contributed by atoms with Gasteiger partial charge in [0, 0.05) is 5.92 Å². The summed E-state index contributed by atoms with van der Waals surface area (Å²) in [5.41, 5.74) is 3.75. The van der Waals surface area contributed by atoms with Crippen molar-refractivity contribution in [2.75, 3.05) is 6.61 Å². The van der Waals surface area contributed by atoms with Gasteiger partial charge in [-0.2, -0.15) is 0 Å². The van der Waals surface area contributed by atoms with E-state index in [0.717, 1.165) is 27.8 Å². The minimum Gasteiger partial charge on any atom is -0.480 e. The van der Waals surface area contributed by atoms with Gasteiger partial charge in [0.25, 0.3) is 0 Å². The number of alkyl carbamates (subject to hydrolysis) is 1. The zero-order valence-corrected chi connectivity index (χ0v) is 22.3. The average molecular weight is 531 g/mol. The number of aliphatic carboxylic acids is 1. The fourth-order valence-corrected chi connectivity index (χ4v) is 4.70. The minimum absolute atomic E-state index is 0.0786. The summed E-state index contributed by atoms with van der Waals surface area (Å²) in [6, 6.07) is 24.2. The lowest BCUT2D eigenvalue weighted by atomic mass is 9.98. The predicted molar refractivity (Wildman–Crippen MR) is 147 cm³/mol. The molecule has 0 heterocycles. The lowest BCUT2D eigenvalue weighted by molar-refractivity contribution is -0.148. The standard InChI is InChI=1S/C31H34N2O6/c1-4-31(3,29(35)36)33-28(34)27(20(2)38-18-21-12-6-5-7-13-21)32-30(37)39-19-26-24-16-10-8-14-22(24)23-15-9-11-17-25(23)26/h5-17,20,26-27H,4,18-19H2,1-3H3,(H,32,37)(H,33,34)(H,35,36). The second kappa shape index (κ2) is 12.1. The first kappa shape index (κ1) is 27.9. The summed E-state index contributed by atoms with van der Waals surface area (Å²) in [5, 5.41) is 14.8. The molecule has 3 N–H and O–H groups in total. The number of carboxylic acid groups (broad SMARTS) is 1. The average Bonchev–Trinajstić information content (AvgIpc) is 3.27. The molecular weight excluding hydrogens is 496 g/mol. The first-order chi connectivity index (χ1) is 18.7. The number of carbonyl (C=O) groups is 3. The largest absolute Gasteiger partial charge is 0.480 e. The fourth-order valence-electron chi connectivity index (χ4n) is 4.70. The Hall–Kier alpha value is -4.17. The summed E-state index contributed by atoms with van der Waals surface area (Å²) < 4.78 is 11.5. The second-order valence-electron chi connectivity index (χ2n) is 9.93. The Labute approximate surface area is 228 Å². The summed E-state index contributed by atoms with van der Waals surface area (Å²) in [7, 11) is 0. The van der Waals surface area contributed by atoms with Gasteiger partial charge in [-0.1, -0.05) is 85.8 Å². The van der Waals surface area contributed by atoms with Gasteiger partial charge in [-0.15, -0.1) is 0 Å². The lowest BCUT2D eigenvalue weighted by Gasteiger charge is -2.30. The molecule has 0 spiro atoms. The highest BCUT2D eigenvalue weighted by Crippen LogP contribution is 2.44. The van der Waals surface area contributed by atoms with E-state index < -0.39 is 35.7 Å². The van der Waals surface area contributed by atoms with E-state index in [-0.39, 0.29) is 25.6 Å². The third kappa shape index (κ3) is 6.29. The summed E-state index contributed by atoms with van der Waals surface area (Å²) >= 11 is 0. The van der Waals surface area contributed by atoms with Gasteiger partial charge in [-0.3, -0.25) is 4.79 Å². The van der Waals surface area contributed by atoms with E-state index in [9.17, 15) is 19.5 Å². The van der Waals surface area contributed by atoms with Crippen molar-refractivity contribution in [2.45, 2.75) is 57.4 Å². The van der Waals surface area contributed by atoms with Crippen LogP contribution in [-0.4, -0.2) is 47.4 Å². The monoisotopic (exact) mass is 530 g/mol. The number of nitrogens with one attached hydrogen (secondary N) is 2. The number of ether oxygens (including phenoxy) is 2. The molecule has 2 amide bonds. The fraction of sp³-hybridized carbons (Fsp3) is 0.323. The van der Waals surface area contributed by atoms with Crippen LogP contribution in [0.1, 0.15) is 49.8 Å². The predicted octanol–water partition coefficient (Wildman–Crippen LogP) is 4.87. The molecule has 8 heteroatoms. The minimum atomic E-state index is -1.50. The molecule has 0 bridgehead atoms. The van der Waals surface area contributed by atoms with Crippen molar-refractivity contribution in [1.82, 2.24) is 10.6 Å². The summed E-state index contributed by atoms with van der Waals surface area (Å²) in [4.78, 5) is 38.1. The van der Waals surface area contributed by atoms with Crippen molar-refractivity contribution in [3.63, 3.8) is 0 Å². The molecular formula is C31H34N2O6. The number of fused-ring (bicyclic) bond motifs is 3. The molecule has 0 aromatic heterocycles. The maximum atomic E-state index is 13.3. The van der Waals surface area contributed by atoms with Crippen LogP contribution in [-0.2, 0) is 25.7 Å². The molecule has 204 valence electrons. The molecule has 3 aromatic carbocycles. The molecule has 39 heavy (non-hydrogen) atoms. The molecule has 4 rings (SSSR count). The third-order valence-electron chi connectivity index (χ3n) is 7.30. The van der Waals surface area contributed by atoms with Crippen molar-refractivity contribution in [2.24, 2.45) is 0 Å². The first-order valence-corrected chi connectivity index (χ1v) is 13.1. The molecule has 3 unspecified atom stereocenters. The molecule has 3 atom stereocenters. The van der Waals surface area contributed by atoms with Crippen LogP contribution in [0.2, 0.25) is 0 Å². The van der Waals surface area contributed by atoms with Gasteiger partial charge in [-0.05, 0) is 48.1 Å². The van der Waals surface area contributed by atoms with Crippen molar-refractivity contribution >= 4 is 18.0 Å². The van der Waals surface area contributed by atoms with E-state index in [0.29, 0.717) is 0 Å². The molecule has 0 saturated heterocycles. The molecule has 0 fully saturated rings. The Bertz CT molecular complexity index is 1280. The van der Waals surface area contributed by atoms with Crippen molar-refractivity contribution < 1.29 is 29.0 Å². The lowest BCUT2D eigenvalue weighted by Crippen LogP contribution is -2.60. The highest BCUT2D eigenvalue weighted by atomic mass is 16.5. The van der Waals surface area contributed by atoms with E-state index in [4.69, 9.17) is 9.47 Å². The molecule has 1 aliphatic carbocycles. The van der Waals surface area contributed by atoms with Crippen LogP contribution in [0.25, 0.3) is 11.1 Å². The molecule has 0 radical (unpaired) electrons. The molecule has 1 aliphatic rings. The van der Waals surface area contributed by atoms with Crippen molar-refractivity contribution in [3.8, 4) is 11.1 Å². The Morgan fingerprint density at radius 1 is 0.923 bits per heavy atom. The molecule has 0 saturated carbocycles. The Morgan fingerprint density at radius 3 is 2.05 bits per heavy atom. The van der Waals surface area contributed by atoms with Gasteiger partial charge in [0.15, 0.2) is 0 Å². The van der Waals surface area contributed by atoms with Crippen molar-refractivity contribution in [1.29, 1.82) is 0 Å². The van der Waals surface area contributed by atoms with E-state index in [1.807, 2.05) is 78.9 Å². The number of hydrogen-bond acceptors (Lipinski definition) is 5. The van der Waals surface area contributed by atoms with E-state index >= 15 is 0 Å². The quantitative estimate of drug-likeness (QED) is 0.326. The highest BCUT2D eigenvalue weighted by Gasteiger charge is 2.38. The topological polar surface area (TPSA) is 114 Å². The second-order valence-corrected chi connectivity index (χ2v) is 9.93. The Balaban J connectivity index is 1.47. The van der Waals surface area contributed by atoms with E-state index in [2.05, 4.69) is 10.6 Å². The summed E-state index contributed by atoms with van der Waals surface area (Å²) in [6.07, 6.45) is -1.41. The SMILES string of the molecule is CCC(C)(NC(=O)C(NC(=O)OCC1c2ccccc2-c2ccccc21)C(C)OCc1ccccc1)C(=O)O. The maximum absolute atomic E-state index is 13.3. The van der Waals surface area contributed by atoms with Gasteiger partial charge in [0.2, 0.25) is 5.91 Å². The Morgan fingerprint density at radius 2 is 1.49 bits per heavy atom. The zero-order valence-electron chi connectivity index (χ0n) is 22.3. The number of benzene rings is 3.